The van der Waals surface area contributed by atoms with Crippen LogP contribution in [0.4, 0.5) is 0 Å². The summed E-state index contributed by atoms with van der Waals surface area (Å²) in [5.74, 6) is 3.89. The SMILES string of the molecule is CCCCCC1CCC(C2CCC(OCC3CCC4OC4C3)CC2)CC1. The van der Waals surface area contributed by atoms with Crippen LogP contribution < -0.4 is 0 Å². The second-order valence-corrected chi connectivity index (χ2v) is 10.0. The highest BCUT2D eigenvalue weighted by Crippen LogP contribution is 2.42. The van der Waals surface area contributed by atoms with E-state index in [0.717, 1.165) is 30.3 Å². The first-order chi connectivity index (χ1) is 12.8. The van der Waals surface area contributed by atoms with Crippen LogP contribution in [0.15, 0.2) is 0 Å². The fourth-order valence-corrected chi connectivity index (χ4v) is 6.27. The minimum atomic E-state index is 0.564. The zero-order valence-corrected chi connectivity index (χ0v) is 17.2. The van der Waals surface area contributed by atoms with Gasteiger partial charge >= 0.3 is 0 Å². The van der Waals surface area contributed by atoms with Gasteiger partial charge in [-0.25, -0.2) is 0 Å². The van der Waals surface area contributed by atoms with Crippen molar-refractivity contribution < 1.29 is 9.47 Å². The molecule has 3 saturated carbocycles. The van der Waals surface area contributed by atoms with Gasteiger partial charge in [0, 0.05) is 6.61 Å². The third-order valence-corrected chi connectivity index (χ3v) is 8.17. The molecule has 150 valence electrons. The average molecular weight is 363 g/mol. The molecule has 26 heavy (non-hydrogen) atoms. The Labute approximate surface area is 161 Å². The molecule has 0 aromatic carbocycles. The smallest absolute Gasteiger partial charge is 0.0845 e. The lowest BCUT2D eigenvalue weighted by molar-refractivity contribution is -0.0137. The predicted octanol–water partition coefficient (Wildman–Crippen LogP) is 6.52. The lowest BCUT2D eigenvalue weighted by Gasteiger charge is -2.38. The van der Waals surface area contributed by atoms with Crippen LogP contribution in [0, 0.1) is 23.7 Å². The Kier molecular flexibility index (Phi) is 6.97. The Hall–Kier alpha value is -0.0800. The van der Waals surface area contributed by atoms with Crippen LogP contribution in [0.5, 0.6) is 0 Å². The second kappa shape index (κ2) is 9.41. The van der Waals surface area contributed by atoms with E-state index in [2.05, 4.69) is 6.92 Å². The van der Waals surface area contributed by atoms with E-state index in [1.54, 1.807) is 0 Å². The van der Waals surface area contributed by atoms with E-state index in [0.29, 0.717) is 18.3 Å². The van der Waals surface area contributed by atoms with Crippen molar-refractivity contribution in [3.05, 3.63) is 0 Å². The fraction of sp³-hybridized carbons (Fsp3) is 1.00. The molecular formula is C24H42O2. The number of epoxide rings is 1. The molecule has 0 aromatic heterocycles. The van der Waals surface area contributed by atoms with E-state index in [9.17, 15) is 0 Å². The maximum absolute atomic E-state index is 6.34. The summed E-state index contributed by atoms with van der Waals surface area (Å²) in [6.45, 7) is 3.33. The summed E-state index contributed by atoms with van der Waals surface area (Å²) in [5, 5.41) is 0. The number of fused-ring (bicyclic) bond motifs is 1. The maximum Gasteiger partial charge on any atom is 0.0845 e. The molecule has 3 atom stereocenters. The van der Waals surface area contributed by atoms with Crippen LogP contribution in [0.1, 0.15) is 103 Å². The molecule has 0 amide bonds. The van der Waals surface area contributed by atoms with Crippen LogP contribution in [-0.4, -0.2) is 24.9 Å². The highest BCUT2D eigenvalue weighted by atomic mass is 16.6. The first-order valence-electron chi connectivity index (χ1n) is 12.1. The molecule has 3 unspecified atom stereocenters. The minimum absolute atomic E-state index is 0.564. The summed E-state index contributed by atoms with van der Waals surface area (Å²) in [7, 11) is 0. The van der Waals surface area contributed by atoms with Crippen LogP contribution in [0.2, 0.25) is 0 Å². The predicted molar refractivity (Wildman–Crippen MR) is 107 cm³/mol. The van der Waals surface area contributed by atoms with Crippen molar-refractivity contribution >= 4 is 0 Å². The van der Waals surface area contributed by atoms with Gasteiger partial charge in [-0.05, 0) is 81.5 Å². The van der Waals surface area contributed by atoms with Gasteiger partial charge in [-0.1, -0.05) is 45.4 Å². The standard InChI is InChI=1S/C24H42O2/c1-2-3-4-5-18-6-9-20(10-7-18)21-11-13-22(14-12-21)25-17-19-8-15-23-24(16-19)26-23/h18-24H,2-17H2,1H3. The topological polar surface area (TPSA) is 21.8 Å². The molecule has 1 heterocycles. The quantitative estimate of drug-likeness (QED) is 0.362. The molecule has 0 spiro atoms. The maximum atomic E-state index is 6.34. The first kappa shape index (κ1) is 19.2. The van der Waals surface area contributed by atoms with Gasteiger partial charge in [0.1, 0.15) is 0 Å². The summed E-state index contributed by atoms with van der Waals surface area (Å²) < 4.78 is 12.0. The van der Waals surface area contributed by atoms with Crippen molar-refractivity contribution in [2.45, 2.75) is 122 Å². The molecule has 4 fully saturated rings. The van der Waals surface area contributed by atoms with Gasteiger partial charge in [0.25, 0.3) is 0 Å². The molecule has 3 aliphatic carbocycles. The van der Waals surface area contributed by atoms with Crippen molar-refractivity contribution in [3.8, 4) is 0 Å². The lowest BCUT2D eigenvalue weighted by atomic mass is 9.70. The van der Waals surface area contributed by atoms with E-state index in [1.807, 2.05) is 0 Å². The molecule has 0 bridgehead atoms. The van der Waals surface area contributed by atoms with Crippen molar-refractivity contribution in [2.24, 2.45) is 23.7 Å². The molecular weight excluding hydrogens is 320 g/mol. The summed E-state index contributed by atoms with van der Waals surface area (Å²) in [6, 6.07) is 0. The third-order valence-electron chi connectivity index (χ3n) is 8.17. The molecule has 4 aliphatic rings. The fourth-order valence-electron chi connectivity index (χ4n) is 6.27. The van der Waals surface area contributed by atoms with E-state index < -0.39 is 0 Å². The summed E-state index contributed by atoms with van der Waals surface area (Å²) in [5.41, 5.74) is 0. The number of unbranched alkanes of at least 4 members (excludes halogenated alkanes) is 2. The molecule has 0 radical (unpaired) electrons. The normalized spacial score (nSPS) is 43.0. The third kappa shape index (κ3) is 5.25. The van der Waals surface area contributed by atoms with Crippen LogP contribution in [0.25, 0.3) is 0 Å². The van der Waals surface area contributed by atoms with E-state index in [4.69, 9.17) is 9.47 Å². The molecule has 0 aromatic rings. The molecule has 0 N–H and O–H groups in total. The largest absolute Gasteiger partial charge is 0.378 e. The average Bonchev–Trinajstić information content (AvgIpc) is 3.46. The van der Waals surface area contributed by atoms with Crippen LogP contribution in [-0.2, 0) is 9.47 Å². The van der Waals surface area contributed by atoms with Crippen molar-refractivity contribution in [1.82, 2.24) is 0 Å². The number of ether oxygens (including phenoxy) is 2. The zero-order valence-electron chi connectivity index (χ0n) is 17.2. The Bertz CT molecular complexity index is 406. The van der Waals surface area contributed by atoms with E-state index in [1.165, 1.54) is 96.3 Å². The molecule has 1 aliphatic heterocycles. The summed E-state index contributed by atoms with van der Waals surface area (Å²) >= 11 is 0. The zero-order chi connectivity index (χ0) is 17.8. The van der Waals surface area contributed by atoms with Crippen molar-refractivity contribution in [3.63, 3.8) is 0 Å². The van der Waals surface area contributed by atoms with Gasteiger partial charge < -0.3 is 9.47 Å². The Balaban J connectivity index is 1.09. The van der Waals surface area contributed by atoms with Crippen molar-refractivity contribution in [2.75, 3.05) is 6.61 Å². The van der Waals surface area contributed by atoms with Crippen LogP contribution >= 0.6 is 0 Å². The van der Waals surface area contributed by atoms with Gasteiger partial charge in [0.15, 0.2) is 0 Å². The molecule has 1 saturated heterocycles. The number of rotatable bonds is 8. The Morgan fingerprint density at radius 1 is 0.731 bits per heavy atom. The Morgan fingerprint density at radius 3 is 2.12 bits per heavy atom. The highest BCUT2D eigenvalue weighted by Gasteiger charge is 2.44. The van der Waals surface area contributed by atoms with Crippen LogP contribution in [0.3, 0.4) is 0 Å². The lowest BCUT2D eigenvalue weighted by Crippen LogP contribution is -2.30. The molecule has 2 nitrogen and oxygen atoms in total. The minimum Gasteiger partial charge on any atom is -0.378 e. The molecule has 2 heteroatoms. The van der Waals surface area contributed by atoms with Gasteiger partial charge in [-0.2, -0.15) is 0 Å². The van der Waals surface area contributed by atoms with Gasteiger partial charge in [-0.3, -0.25) is 0 Å². The second-order valence-electron chi connectivity index (χ2n) is 10.0. The summed E-state index contributed by atoms with van der Waals surface area (Å²) in [4.78, 5) is 0. The first-order valence-corrected chi connectivity index (χ1v) is 12.1. The summed E-state index contributed by atoms with van der Waals surface area (Å²) in [6.07, 6.45) is 23.1. The Morgan fingerprint density at radius 2 is 1.42 bits per heavy atom. The molecule has 4 rings (SSSR count). The van der Waals surface area contributed by atoms with Gasteiger partial charge in [-0.15, -0.1) is 0 Å². The van der Waals surface area contributed by atoms with E-state index in [-0.39, 0.29) is 0 Å². The van der Waals surface area contributed by atoms with Gasteiger partial charge in [0.2, 0.25) is 0 Å². The monoisotopic (exact) mass is 362 g/mol. The van der Waals surface area contributed by atoms with Crippen molar-refractivity contribution in [1.29, 1.82) is 0 Å². The highest BCUT2D eigenvalue weighted by molar-refractivity contribution is 4.92. The number of hydrogen-bond acceptors (Lipinski definition) is 2. The van der Waals surface area contributed by atoms with Gasteiger partial charge in [0.05, 0.1) is 18.3 Å². The number of hydrogen-bond donors (Lipinski definition) is 0. The van der Waals surface area contributed by atoms with E-state index >= 15 is 0 Å².